The first-order valence-corrected chi connectivity index (χ1v) is 6.45. The molecule has 0 aliphatic carbocycles. The van der Waals surface area contributed by atoms with Crippen molar-refractivity contribution in [3.05, 3.63) is 0 Å². The highest BCUT2D eigenvalue weighted by Gasteiger charge is 2.85. The van der Waals surface area contributed by atoms with Crippen LogP contribution in [-0.4, -0.2) is 49.1 Å². The molecule has 0 bridgehead atoms. The molecule has 0 aliphatic rings. The van der Waals surface area contributed by atoms with Crippen LogP contribution in [0.5, 0.6) is 0 Å². The summed E-state index contributed by atoms with van der Waals surface area (Å²) in [6.07, 6.45) is -11.7. The molecule has 0 saturated carbocycles. The number of hydrogen-bond donors (Lipinski definition) is 1. The lowest BCUT2D eigenvalue weighted by Gasteiger charge is -2.36. The van der Waals surface area contributed by atoms with Crippen LogP contribution in [0.2, 0.25) is 0 Å². The molecule has 0 aromatic heterocycles. The van der Waals surface area contributed by atoms with Crippen LogP contribution in [0.15, 0.2) is 0 Å². The maximum absolute atomic E-state index is 13.1. The number of carbonyl (C=O) groups is 1. The Hall–Kier alpha value is -1.50. The number of ether oxygens (including phenoxy) is 1. The fourth-order valence-electron chi connectivity index (χ4n) is 1.28. The van der Waals surface area contributed by atoms with Gasteiger partial charge in [-0.2, -0.15) is 39.5 Å². The van der Waals surface area contributed by atoms with Crippen LogP contribution in [0.1, 0.15) is 19.8 Å². The van der Waals surface area contributed by atoms with Gasteiger partial charge in [0.2, 0.25) is 0 Å². The Bertz CT molecular complexity index is 455. The summed E-state index contributed by atoms with van der Waals surface area (Å²) in [6, 6.07) is 0. The molecule has 3 nitrogen and oxygen atoms in total. The topological polar surface area (TPSA) is 38.3 Å². The van der Waals surface area contributed by atoms with Crippen LogP contribution < -0.4 is 5.32 Å². The third kappa shape index (κ3) is 4.37. The molecule has 14 heteroatoms. The molecule has 0 saturated heterocycles. The number of carbonyl (C=O) groups excluding carboxylic acids is 1. The summed E-state index contributed by atoms with van der Waals surface area (Å²) in [7, 11) is 0. The van der Waals surface area contributed by atoms with E-state index in [1.807, 2.05) is 0 Å². The summed E-state index contributed by atoms with van der Waals surface area (Å²) in [6.45, 7) is 1.31. The summed E-state index contributed by atoms with van der Waals surface area (Å²) in [5, 5.41) is 1.59. The predicted molar refractivity (Wildman–Crippen MR) is 60.1 cm³/mol. The third-order valence-electron chi connectivity index (χ3n) is 2.80. The van der Waals surface area contributed by atoms with E-state index in [4.69, 9.17) is 0 Å². The average molecular weight is 399 g/mol. The van der Waals surface area contributed by atoms with Gasteiger partial charge in [-0.15, -0.1) is 0 Å². The number of alkyl halides is 11. The van der Waals surface area contributed by atoms with Crippen molar-refractivity contribution in [1.82, 2.24) is 5.32 Å². The lowest BCUT2D eigenvalue weighted by molar-refractivity contribution is -0.401. The molecule has 150 valence electrons. The smallest absolute Gasteiger partial charge is 0.408 e. The van der Waals surface area contributed by atoms with Gasteiger partial charge in [-0.1, -0.05) is 13.3 Å². The molecular weight excluding hydrogens is 387 g/mol. The van der Waals surface area contributed by atoms with E-state index in [0.717, 1.165) is 0 Å². The van der Waals surface area contributed by atoms with E-state index in [9.17, 15) is 53.1 Å². The Morgan fingerprint density at radius 2 is 1.36 bits per heavy atom. The van der Waals surface area contributed by atoms with E-state index in [1.54, 1.807) is 12.2 Å². The average Bonchev–Trinajstić information content (AvgIpc) is 2.46. The van der Waals surface area contributed by atoms with E-state index in [2.05, 4.69) is 4.74 Å². The highest BCUT2D eigenvalue weighted by Crippen LogP contribution is 2.55. The Morgan fingerprint density at radius 1 is 0.920 bits per heavy atom. The molecule has 0 heterocycles. The van der Waals surface area contributed by atoms with Crippen molar-refractivity contribution in [3.63, 3.8) is 0 Å². The Balaban J connectivity index is 5.41. The number of halogens is 11. The zero-order valence-electron chi connectivity index (χ0n) is 12.3. The van der Waals surface area contributed by atoms with Gasteiger partial charge in [0, 0.05) is 6.54 Å². The molecule has 0 aliphatic heterocycles. The summed E-state index contributed by atoms with van der Waals surface area (Å²) in [5.41, 5.74) is 0. The number of amides is 1. The summed E-state index contributed by atoms with van der Waals surface area (Å²) < 4.78 is 143. The lowest BCUT2D eigenvalue weighted by Crippen LogP contribution is -2.67. The molecule has 0 fully saturated rings. The molecule has 1 atom stereocenters. The first-order valence-electron chi connectivity index (χ1n) is 6.45. The summed E-state index contributed by atoms with van der Waals surface area (Å²) in [5.74, 6) is -28.3. The SMILES string of the molecule is CCCCNC(=O)OC(F)C(F)(F)C(F)(F)C(F)(F)C(F)(F)C(F)F. The zero-order chi connectivity index (χ0) is 20.3. The fourth-order valence-corrected chi connectivity index (χ4v) is 1.28. The van der Waals surface area contributed by atoms with Crippen LogP contribution in [0, 0.1) is 0 Å². The van der Waals surface area contributed by atoms with E-state index in [1.165, 1.54) is 0 Å². The predicted octanol–water partition coefficient (Wildman–Crippen LogP) is 4.61. The molecular formula is C11H12F11NO2. The fraction of sp³-hybridized carbons (Fsp3) is 0.909. The first-order chi connectivity index (χ1) is 11.1. The quantitative estimate of drug-likeness (QED) is 0.454. The maximum atomic E-state index is 13.1. The second-order valence-electron chi connectivity index (χ2n) is 4.70. The van der Waals surface area contributed by atoms with Crippen molar-refractivity contribution in [2.24, 2.45) is 0 Å². The Morgan fingerprint density at radius 3 is 1.76 bits per heavy atom. The summed E-state index contributed by atoms with van der Waals surface area (Å²) in [4.78, 5) is 10.8. The maximum Gasteiger partial charge on any atom is 0.409 e. The number of unbranched alkanes of at least 4 members (excludes halogenated alkanes) is 1. The Labute approximate surface area is 133 Å². The van der Waals surface area contributed by atoms with E-state index >= 15 is 0 Å². The number of hydrogen-bond acceptors (Lipinski definition) is 2. The normalized spacial score (nSPS) is 15.2. The van der Waals surface area contributed by atoms with Gasteiger partial charge in [0.05, 0.1) is 0 Å². The first kappa shape index (κ1) is 23.5. The van der Waals surface area contributed by atoms with Gasteiger partial charge in [-0.05, 0) is 6.42 Å². The molecule has 0 aromatic carbocycles. The van der Waals surface area contributed by atoms with Crippen LogP contribution in [0.25, 0.3) is 0 Å². The van der Waals surface area contributed by atoms with Crippen molar-refractivity contribution in [2.45, 2.75) is 56.2 Å². The van der Waals surface area contributed by atoms with Gasteiger partial charge >= 0.3 is 42.6 Å². The monoisotopic (exact) mass is 399 g/mol. The van der Waals surface area contributed by atoms with Gasteiger partial charge in [0.25, 0.3) is 0 Å². The Kier molecular flexibility index (Phi) is 7.34. The number of alkyl carbamates (subject to hydrolysis) is 1. The number of nitrogens with one attached hydrogen (secondary N) is 1. The second kappa shape index (κ2) is 7.81. The molecule has 0 spiro atoms. The van der Waals surface area contributed by atoms with Gasteiger partial charge in [0.15, 0.2) is 0 Å². The minimum Gasteiger partial charge on any atom is -0.408 e. The molecule has 1 amide bonds. The molecule has 25 heavy (non-hydrogen) atoms. The van der Waals surface area contributed by atoms with E-state index in [-0.39, 0.29) is 13.0 Å². The third-order valence-corrected chi connectivity index (χ3v) is 2.80. The van der Waals surface area contributed by atoms with Crippen LogP contribution in [0.4, 0.5) is 53.1 Å². The number of rotatable bonds is 9. The van der Waals surface area contributed by atoms with Gasteiger partial charge < -0.3 is 10.1 Å². The molecule has 0 radical (unpaired) electrons. The van der Waals surface area contributed by atoms with E-state index < -0.39 is 42.6 Å². The molecule has 0 aromatic rings. The van der Waals surface area contributed by atoms with Crippen LogP contribution >= 0.6 is 0 Å². The highest BCUT2D eigenvalue weighted by atomic mass is 19.4. The van der Waals surface area contributed by atoms with Gasteiger partial charge in [0.1, 0.15) is 0 Å². The van der Waals surface area contributed by atoms with Gasteiger partial charge in [-0.3, -0.25) is 0 Å². The molecule has 1 unspecified atom stereocenters. The zero-order valence-corrected chi connectivity index (χ0v) is 12.3. The lowest BCUT2D eigenvalue weighted by atomic mass is 9.98. The van der Waals surface area contributed by atoms with Crippen molar-refractivity contribution < 1.29 is 57.8 Å². The minimum absolute atomic E-state index is 0.220. The van der Waals surface area contributed by atoms with Crippen LogP contribution in [0.3, 0.4) is 0 Å². The van der Waals surface area contributed by atoms with Crippen molar-refractivity contribution in [2.75, 3.05) is 6.54 Å². The van der Waals surface area contributed by atoms with Crippen molar-refractivity contribution >= 4 is 6.09 Å². The minimum atomic E-state index is -7.36. The van der Waals surface area contributed by atoms with Crippen molar-refractivity contribution in [3.8, 4) is 0 Å². The summed E-state index contributed by atoms with van der Waals surface area (Å²) >= 11 is 0. The van der Waals surface area contributed by atoms with E-state index in [0.29, 0.717) is 6.42 Å². The molecule has 1 N–H and O–H groups in total. The second-order valence-corrected chi connectivity index (χ2v) is 4.70. The standard InChI is InChI=1S/C11H12F11NO2/c1-2-3-4-23-7(24)25-6(14)9(17,18)11(21,22)10(19,20)8(15,16)5(12)13/h5-6H,2-4H2,1H3,(H,23,24). The largest absolute Gasteiger partial charge is 0.409 e. The van der Waals surface area contributed by atoms with Gasteiger partial charge in [-0.25, -0.2) is 13.6 Å². The van der Waals surface area contributed by atoms with Crippen molar-refractivity contribution in [1.29, 1.82) is 0 Å². The highest BCUT2D eigenvalue weighted by molar-refractivity contribution is 5.67. The van der Waals surface area contributed by atoms with Crippen LogP contribution in [-0.2, 0) is 4.74 Å². The molecule has 0 rings (SSSR count).